The molecule has 3 heterocycles. The number of furan rings is 1. The Labute approximate surface area is 132 Å². The van der Waals surface area contributed by atoms with Gasteiger partial charge in [-0.05, 0) is 56.8 Å². The van der Waals surface area contributed by atoms with Crippen LogP contribution in [0, 0.1) is 5.92 Å². The predicted octanol–water partition coefficient (Wildman–Crippen LogP) is 2.42. The zero-order chi connectivity index (χ0) is 15.2. The van der Waals surface area contributed by atoms with Gasteiger partial charge in [-0.15, -0.1) is 0 Å². The summed E-state index contributed by atoms with van der Waals surface area (Å²) in [5.41, 5.74) is 0. The van der Waals surface area contributed by atoms with E-state index in [1.807, 2.05) is 6.07 Å². The van der Waals surface area contributed by atoms with Crippen molar-refractivity contribution in [3.63, 3.8) is 0 Å². The predicted molar refractivity (Wildman–Crippen MR) is 83.7 cm³/mol. The lowest BCUT2D eigenvalue weighted by Gasteiger charge is -2.25. The first kappa shape index (κ1) is 15.6. The Morgan fingerprint density at radius 3 is 2.86 bits per heavy atom. The summed E-state index contributed by atoms with van der Waals surface area (Å²) >= 11 is 0. The SMILES string of the molecule is O=C(NCC1CCCOC1)c1ccc(CN2CCCCC2)o1. The molecule has 0 radical (unpaired) electrons. The van der Waals surface area contributed by atoms with Crippen LogP contribution in [-0.4, -0.2) is 43.7 Å². The number of amides is 1. The van der Waals surface area contributed by atoms with Crippen LogP contribution in [0.15, 0.2) is 16.5 Å². The molecule has 1 N–H and O–H groups in total. The Hall–Kier alpha value is -1.33. The number of piperidine rings is 1. The third-order valence-electron chi connectivity index (χ3n) is 4.52. The van der Waals surface area contributed by atoms with Crippen molar-refractivity contribution in [3.05, 3.63) is 23.7 Å². The summed E-state index contributed by atoms with van der Waals surface area (Å²) in [6.07, 6.45) is 6.06. The highest BCUT2D eigenvalue weighted by Crippen LogP contribution is 2.16. The van der Waals surface area contributed by atoms with Gasteiger partial charge in [0.1, 0.15) is 5.76 Å². The van der Waals surface area contributed by atoms with Gasteiger partial charge in [-0.25, -0.2) is 0 Å². The van der Waals surface area contributed by atoms with Gasteiger partial charge >= 0.3 is 0 Å². The fourth-order valence-electron chi connectivity index (χ4n) is 3.22. The number of likely N-dealkylation sites (tertiary alicyclic amines) is 1. The molecule has 1 amide bonds. The average Bonchev–Trinajstić information content (AvgIpc) is 3.03. The van der Waals surface area contributed by atoms with Crippen molar-refractivity contribution in [3.8, 4) is 0 Å². The van der Waals surface area contributed by atoms with E-state index in [4.69, 9.17) is 9.15 Å². The van der Waals surface area contributed by atoms with Gasteiger partial charge in [0.15, 0.2) is 5.76 Å². The maximum atomic E-state index is 12.1. The van der Waals surface area contributed by atoms with E-state index < -0.39 is 0 Å². The minimum atomic E-state index is -0.115. The van der Waals surface area contributed by atoms with Crippen molar-refractivity contribution < 1.29 is 13.9 Å². The van der Waals surface area contributed by atoms with Gasteiger partial charge in [0.2, 0.25) is 0 Å². The minimum Gasteiger partial charge on any atom is -0.455 e. The fraction of sp³-hybridized carbons (Fsp3) is 0.706. The van der Waals surface area contributed by atoms with Crippen LogP contribution in [0.2, 0.25) is 0 Å². The normalized spacial score (nSPS) is 23.4. The fourth-order valence-corrected chi connectivity index (χ4v) is 3.22. The molecule has 2 aliphatic heterocycles. The average molecular weight is 306 g/mol. The third kappa shape index (κ3) is 4.34. The molecular formula is C17H26N2O3. The lowest BCUT2D eigenvalue weighted by molar-refractivity contribution is 0.0533. The molecular weight excluding hydrogens is 280 g/mol. The Kier molecular flexibility index (Phi) is 5.51. The first-order chi connectivity index (χ1) is 10.8. The summed E-state index contributed by atoms with van der Waals surface area (Å²) in [5.74, 6) is 1.62. The second-order valence-corrected chi connectivity index (χ2v) is 6.40. The van der Waals surface area contributed by atoms with E-state index in [-0.39, 0.29) is 5.91 Å². The molecule has 5 heteroatoms. The lowest BCUT2D eigenvalue weighted by atomic mass is 10.0. The highest BCUT2D eigenvalue weighted by molar-refractivity contribution is 5.91. The van der Waals surface area contributed by atoms with Gasteiger partial charge in [-0.3, -0.25) is 9.69 Å². The second kappa shape index (κ2) is 7.79. The first-order valence-electron chi connectivity index (χ1n) is 8.48. The molecule has 0 aliphatic carbocycles. The van der Waals surface area contributed by atoms with Crippen LogP contribution >= 0.6 is 0 Å². The molecule has 3 rings (SSSR count). The number of ether oxygens (including phenoxy) is 1. The van der Waals surface area contributed by atoms with Crippen LogP contribution in [0.25, 0.3) is 0 Å². The standard InChI is InChI=1S/C17H26N2O3/c20-17(18-11-14-5-4-10-21-13-14)16-7-6-15(22-16)12-19-8-2-1-3-9-19/h6-7,14H,1-5,8-13H2,(H,18,20). The summed E-state index contributed by atoms with van der Waals surface area (Å²) in [5, 5.41) is 2.96. The molecule has 1 aromatic rings. The van der Waals surface area contributed by atoms with Crippen LogP contribution in [0.5, 0.6) is 0 Å². The maximum absolute atomic E-state index is 12.1. The van der Waals surface area contributed by atoms with Crippen molar-refractivity contribution in [2.45, 2.75) is 38.6 Å². The topological polar surface area (TPSA) is 54.7 Å². The van der Waals surface area contributed by atoms with Gasteiger partial charge in [0.25, 0.3) is 5.91 Å². The molecule has 0 bridgehead atoms. The zero-order valence-corrected chi connectivity index (χ0v) is 13.2. The van der Waals surface area contributed by atoms with Gasteiger partial charge in [0, 0.05) is 13.2 Å². The number of nitrogens with one attached hydrogen (secondary N) is 1. The Morgan fingerprint density at radius 2 is 2.09 bits per heavy atom. The van der Waals surface area contributed by atoms with Crippen molar-refractivity contribution in [1.82, 2.24) is 10.2 Å². The molecule has 1 unspecified atom stereocenters. The number of carbonyl (C=O) groups is 1. The Bertz CT molecular complexity index is 474. The number of hydrogen-bond donors (Lipinski definition) is 1. The van der Waals surface area contributed by atoms with E-state index in [0.717, 1.165) is 51.4 Å². The highest BCUT2D eigenvalue weighted by atomic mass is 16.5. The summed E-state index contributed by atoms with van der Waals surface area (Å²) in [6.45, 7) is 5.33. The molecule has 2 saturated heterocycles. The number of hydrogen-bond acceptors (Lipinski definition) is 4. The van der Waals surface area contributed by atoms with Crippen molar-refractivity contribution in [1.29, 1.82) is 0 Å². The van der Waals surface area contributed by atoms with E-state index in [0.29, 0.717) is 18.2 Å². The number of carbonyl (C=O) groups excluding carboxylic acids is 1. The second-order valence-electron chi connectivity index (χ2n) is 6.40. The van der Waals surface area contributed by atoms with Crippen LogP contribution in [0.4, 0.5) is 0 Å². The quantitative estimate of drug-likeness (QED) is 0.908. The Balaban J connectivity index is 1.46. The molecule has 0 saturated carbocycles. The van der Waals surface area contributed by atoms with Gasteiger partial charge in [-0.1, -0.05) is 6.42 Å². The van der Waals surface area contributed by atoms with Crippen molar-refractivity contribution in [2.75, 3.05) is 32.8 Å². The molecule has 122 valence electrons. The zero-order valence-electron chi connectivity index (χ0n) is 13.2. The summed E-state index contributed by atoms with van der Waals surface area (Å²) in [6, 6.07) is 3.71. The monoisotopic (exact) mass is 306 g/mol. The van der Waals surface area contributed by atoms with E-state index in [1.165, 1.54) is 19.3 Å². The van der Waals surface area contributed by atoms with E-state index in [9.17, 15) is 4.79 Å². The number of rotatable bonds is 5. The van der Waals surface area contributed by atoms with Crippen molar-refractivity contribution in [2.24, 2.45) is 5.92 Å². The molecule has 1 aromatic heterocycles. The maximum Gasteiger partial charge on any atom is 0.287 e. The summed E-state index contributed by atoms with van der Waals surface area (Å²) in [4.78, 5) is 14.5. The van der Waals surface area contributed by atoms with Crippen LogP contribution in [0.1, 0.15) is 48.4 Å². The largest absolute Gasteiger partial charge is 0.455 e. The van der Waals surface area contributed by atoms with E-state index >= 15 is 0 Å². The van der Waals surface area contributed by atoms with Crippen molar-refractivity contribution >= 4 is 5.91 Å². The van der Waals surface area contributed by atoms with E-state index in [1.54, 1.807) is 6.07 Å². The molecule has 1 atom stereocenters. The third-order valence-corrected chi connectivity index (χ3v) is 4.52. The van der Waals surface area contributed by atoms with Crippen LogP contribution < -0.4 is 5.32 Å². The molecule has 2 aliphatic rings. The molecule has 2 fully saturated rings. The first-order valence-corrected chi connectivity index (χ1v) is 8.48. The van der Waals surface area contributed by atoms with Gasteiger partial charge in [-0.2, -0.15) is 0 Å². The molecule has 0 spiro atoms. The molecule has 22 heavy (non-hydrogen) atoms. The Morgan fingerprint density at radius 1 is 1.23 bits per heavy atom. The van der Waals surface area contributed by atoms with Gasteiger partial charge in [0.05, 0.1) is 13.2 Å². The minimum absolute atomic E-state index is 0.115. The summed E-state index contributed by atoms with van der Waals surface area (Å²) < 4.78 is 11.1. The molecule has 0 aromatic carbocycles. The van der Waals surface area contributed by atoms with Crippen LogP contribution in [0.3, 0.4) is 0 Å². The smallest absolute Gasteiger partial charge is 0.287 e. The number of nitrogens with zero attached hydrogens (tertiary/aromatic N) is 1. The van der Waals surface area contributed by atoms with E-state index in [2.05, 4.69) is 10.2 Å². The molecule has 5 nitrogen and oxygen atoms in total. The highest BCUT2D eigenvalue weighted by Gasteiger charge is 2.18. The lowest BCUT2D eigenvalue weighted by Crippen LogP contribution is -2.33. The van der Waals surface area contributed by atoms with Crippen LogP contribution in [-0.2, 0) is 11.3 Å². The summed E-state index contributed by atoms with van der Waals surface area (Å²) in [7, 11) is 0. The van der Waals surface area contributed by atoms with Gasteiger partial charge < -0.3 is 14.5 Å².